The van der Waals surface area contributed by atoms with Crippen molar-refractivity contribution in [2.24, 2.45) is 5.10 Å². The zero-order valence-electron chi connectivity index (χ0n) is 12.5. The minimum atomic E-state index is -0.346. The van der Waals surface area contributed by atoms with Gasteiger partial charge in [0.1, 0.15) is 11.9 Å². The van der Waals surface area contributed by atoms with Gasteiger partial charge in [-0.2, -0.15) is 10.4 Å². The van der Waals surface area contributed by atoms with Gasteiger partial charge in [0.25, 0.3) is 0 Å². The summed E-state index contributed by atoms with van der Waals surface area (Å²) >= 11 is 13.2. The second kappa shape index (κ2) is 7.62. The molecule has 25 heavy (non-hydrogen) atoms. The lowest BCUT2D eigenvalue weighted by Gasteiger charge is -2.00. The van der Waals surface area contributed by atoms with Crippen LogP contribution in [-0.2, 0) is 0 Å². The number of hydrogen-bond donors (Lipinski definition) is 1. The minimum absolute atomic E-state index is 0.126. The summed E-state index contributed by atoms with van der Waals surface area (Å²) in [4.78, 5) is 4.41. The quantitative estimate of drug-likeness (QED) is 0.466. The van der Waals surface area contributed by atoms with E-state index in [0.29, 0.717) is 26.4 Å². The molecule has 0 aliphatic heterocycles. The van der Waals surface area contributed by atoms with Crippen LogP contribution in [0.1, 0.15) is 5.01 Å². The molecule has 0 bridgehead atoms. The molecule has 0 unspecified atom stereocenters. The van der Waals surface area contributed by atoms with Crippen LogP contribution in [0.15, 0.2) is 52.9 Å². The molecule has 0 radical (unpaired) electrons. The summed E-state index contributed by atoms with van der Waals surface area (Å²) in [6, 6.07) is 12.8. The van der Waals surface area contributed by atoms with Gasteiger partial charge in [0.2, 0.25) is 0 Å². The number of rotatable bonds is 4. The van der Waals surface area contributed by atoms with E-state index in [2.05, 4.69) is 15.5 Å². The van der Waals surface area contributed by atoms with Gasteiger partial charge in [0.05, 0.1) is 21.4 Å². The third kappa shape index (κ3) is 4.15. The molecule has 124 valence electrons. The van der Waals surface area contributed by atoms with Crippen LogP contribution >= 0.6 is 34.5 Å². The van der Waals surface area contributed by atoms with Gasteiger partial charge in [-0.1, -0.05) is 29.3 Å². The number of nitrogens with zero attached hydrogens (tertiary/aromatic N) is 3. The molecule has 2 aromatic carbocycles. The third-order valence-electron chi connectivity index (χ3n) is 3.17. The third-order valence-corrected chi connectivity index (χ3v) is 4.76. The second-order valence-corrected chi connectivity index (χ2v) is 6.53. The summed E-state index contributed by atoms with van der Waals surface area (Å²) in [5, 5.41) is 16.5. The lowest BCUT2D eigenvalue weighted by molar-refractivity contribution is 0.628. The van der Waals surface area contributed by atoms with E-state index in [1.807, 2.05) is 6.07 Å². The summed E-state index contributed by atoms with van der Waals surface area (Å²) in [5.74, 6) is -0.346. The van der Waals surface area contributed by atoms with Gasteiger partial charge in [-0.25, -0.2) is 9.37 Å². The van der Waals surface area contributed by atoms with Crippen molar-refractivity contribution in [2.75, 3.05) is 5.43 Å². The molecule has 1 aromatic heterocycles. The molecule has 0 saturated carbocycles. The zero-order chi connectivity index (χ0) is 17.8. The van der Waals surface area contributed by atoms with Gasteiger partial charge < -0.3 is 0 Å². The Morgan fingerprint density at radius 3 is 2.60 bits per heavy atom. The molecule has 0 saturated heterocycles. The Morgan fingerprint density at radius 1 is 1.16 bits per heavy atom. The van der Waals surface area contributed by atoms with E-state index in [9.17, 15) is 9.65 Å². The number of halogens is 3. The molecule has 4 nitrogen and oxygen atoms in total. The van der Waals surface area contributed by atoms with Crippen molar-refractivity contribution in [1.29, 1.82) is 5.26 Å². The lowest BCUT2D eigenvalue weighted by Crippen LogP contribution is -2.01. The number of nitriles is 1. The summed E-state index contributed by atoms with van der Waals surface area (Å²) in [6.07, 6.45) is 0. The lowest BCUT2D eigenvalue weighted by atomic mass is 10.2. The monoisotopic (exact) mass is 390 g/mol. The number of benzene rings is 2. The molecule has 1 heterocycles. The van der Waals surface area contributed by atoms with Gasteiger partial charge >= 0.3 is 0 Å². The van der Waals surface area contributed by atoms with Gasteiger partial charge in [-0.05, 0) is 36.4 Å². The van der Waals surface area contributed by atoms with Crippen LogP contribution < -0.4 is 5.43 Å². The van der Waals surface area contributed by atoms with Gasteiger partial charge in [-0.3, -0.25) is 5.43 Å². The van der Waals surface area contributed by atoms with Crippen molar-refractivity contribution in [3.63, 3.8) is 0 Å². The van der Waals surface area contributed by atoms with Crippen LogP contribution in [0.25, 0.3) is 11.3 Å². The molecular formula is C17H9Cl2FN4S. The SMILES string of the molecule is N#C/C(=N/Nc1ccc(F)cc1)c1nc(-c2ccc(Cl)c(Cl)c2)cs1. The number of nitrogens with one attached hydrogen (secondary N) is 1. The van der Waals surface area contributed by atoms with Crippen LogP contribution in [0.5, 0.6) is 0 Å². The molecule has 0 spiro atoms. The highest BCUT2D eigenvalue weighted by Gasteiger charge is 2.11. The van der Waals surface area contributed by atoms with E-state index in [1.165, 1.54) is 35.6 Å². The van der Waals surface area contributed by atoms with Crippen LogP contribution in [0.2, 0.25) is 10.0 Å². The maximum absolute atomic E-state index is 12.9. The molecule has 3 rings (SSSR count). The van der Waals surface area contributed by atoms with Crippen molar-refractivity contribution in [1.82, 2.24) is 4.98 Å². The predicted octanol–water partition coefficient (Wildman–Crippen LogP) is 5.60. The van der Waals surface area contributed by atoms with Crippen molar-refractivity contribution in [3.05, 3.63) is 68.7 Å². The maximum Gasteiger partial charge on any atom is 0.196 e. The highest BCUT2D eigenvalue weighted by atomic mass is 35.5. The van der Waals surface area contributed by atoms with Gasteiger partial charge in [0, 0.05) is 10.9 Å². The number of anilines is 1. The highest BCUT2D eigenvalue weighted by molar-refractivity contribution is 7.12. The van der Waals surface area contributed by atoms with E-state index in [1.54, 1.807) is 23.6 Å². The minimum Gasteiger partial charge on any atom is -0.277 e. The number of thiazole rings is 1. The first-order valence-corrected chi connectivity index (χ1v) is 8.61. The number of hydrazone groups is 1. The Morgan fingerprint density at radius 2 is 1.92 bits per heavy atom. The predicted molar refractivity (Wildman–Crippen MR) is 99.7 cm³/mol. The van der Waals surface area contributed by atoms with E-state index in [-0.39, 0.29) is 11.5 Å². The smallest absolute Gasteiger partial charge is 0.196 e. The number of hydrogen-bond acceptors (Lipinski definition) is 5. The Bertz CT molecular complexity index is 977. The fourth-order valence-electron chi connectivity index (χ4n) is 1.94. The molecule has 1 N–H and O–H groups in total. The van der Waals surface area contributed by atoms with E-state index >= 15 is 0 Å². The highest BCUT2D eigenvalue weighted by Crippen LogP contribution is 2.29. The first kappa shape index (κ1) is 17.4. The largest absolute Gasteiger partial charge is 0.277 e. The zero-order valence-corrected chi connectivity index (χ0v) is 14.8. The average Bonchev–Trinajstić information content (AvgIpc) is 3.09. The van der Waals surface area contributed by atoms with Gasteiger partial charge in [0.15, 0.2) is 10.7 Å². The first-order chi connectivity index (χ1) is 12.1. The van der Waals surface area contributed by atoms with Crippen LogP contribution in [0.4, 0.5) is 10.1 Å². The molecule has 3 aromatic rings. The Balaban J connectivity index is 1.83. The Labute approximate surface area is 157 Å². The fourth-order valence-corrected chi connectivity index (χ4v) is 3.00. The van der Waals surface area contributed by atoms with E-state index in [4.69, 9.17) is 23.2 Å². The summed E-state index contributed by atoms with van der Waals surface area (Å²) in [6.45, 7) is 0. The summed E-state index contributed by atoms with van der Waals surface area (Å²) in [7, 11) is 0. The van der Waals surface area contributed by atoms with Crippen molar-refractivity contribution in [2.45, 2.75) is 0 Å². The van der Waals surface area contributed by atoms with E-state index in [0.717, 1.165) is 5.56 Å². The molecule has 8 heteroatoms. The molecule has 0 aliphatic carbocycles. The van der Waals surface area contributed by atoms with Crippen LogP contribution in [0.3, 0.4) is 0 Å². The molecule has 0 aliphatic rings. The van der Waals surface area contributed by atoms with Crippen molar-refractivity contribution < 1.29 is 4.39 Å². The second-order valence-electron chi connectivity index (χ2n) is 4.86. The Hall–Kier alpha value is -2.46. The average molecular weight is 391 g/mol. The first-order valence-electron chi connectivity index (χ1n) is 6.97. The molecular weight excluding hydrogens is 382 g/mol. The number of aromatic nitrogens is 1. The topological polar surface area (TPSA) is 61.1 Å². The van der Waals surface area contributed by atoms with Crippen LogP contribution in [0, 0.1) is 17.1 Å². The normalized spacial score (nSPS) is 11.2. The maximum atomic E-state index is 12.9. The Kier molecular flexibility index (Phi) is 5.29. The molecule has 0 atom stereocenters. The summed E-state index contributed by atoms with van der Waals surface area (Å²) < 4.78 is 12.9. The van der Waals surface area contributed by atoms with Gasteiger partial charge in [-0.15, -0.1) is 11.3 Å². The standard InChI is InChI=1S/C17H9Cl2FN4S/c18-13-6-1-10(7-14(13)19)16-9-25-17(22-16)15(8-21)24-23-12-4-2-11(20)3-5-12/h1-7,9,23H/b24-15-. The molecule has 0 amide bonds. The fraction of sp³-hybridized carbons (Fsp3) is 0. The van der Waals surface area contributed by atoms with E-state index < -0.39 is 0 Å². The van der Waals surface area contributed by atoms with Crippen molar-refractivity contribution >= 4 is 45.9 Å². The molecule has 0 fully saturated rings. The van der Waals surface area contributed by atoms with Crippen LogP contribution in [-0.4, -0.2) is 10.7 Å². The van der Waals surface area contributed by atoms with Crippen molar-refractivity contribution in [3.8, 4) is 17.3 Å². The summed E-state index contributed by atoms with van der Waals surface area (Å²) in [5.41, 5.74) is 4.87.